The minimum absolute atomic E-state index is 0.0811. The van der Waals surface area contributed by atoms with Crippen LogP contribution in [0.4, 0.5) is 5.95 Å². The van der Waals surface area contributed by atoms with E-state index in [1.54, 1.807) is 11.3 Å². The van der Waals surface area contributed by atoms with E-state index in [0.29, 0.717) is 12.5 Å². The van der Waals surface area contributed by atoms with Crippen LogP contribution in [-0.2, 0) is 0 Å². The number of nitrogens with one attached hydrogen (secondary N) is 1. The first kappa shape index (κ1) is 9.68. The fourth-order valence-electron chi connectivity index (χ4n) is 1.07. The van der Waals surface area contributed by atoms with Crippen LogP contribution < -0.4 is 5.32 Å². The smallest absolute Gasteiger partial charge is 0.224 e. The largest absolute Gasteiger partial charge is 0.353 e. The number of aromatic nitrogens is 2. The summed E-state index contributed by atoms with van der Waals surface area (Å²) in [6.45, 7) is 2.61. The first-order valence-corrected chi connectivity index (χ1v) is 5.65. The fourth-order valence-corrected chi connectivity index (χ4v) is 1.89. The number of fused-ring (bicyclic) bond motifs is 1. The van der Waals surface area contributed by atoms with Gasteiger partial charge >= 0.3 is 0 Å². The summed E-state index contributed by atoms with van der Waals surface area (Å²) >= 11 is 7.42. The molecule has 0 aliphatic heterocycles. The number of anilines is 1. The van der Waals surface area contributed by atoms with E-state index in [4.69, 9.17) is 11.6 Å². The minimum atomic E-state index is 0.0811. The maximum Gasteiger partial charge on any atom is 0.224 e. The summed E-state index contributed by atoms with van der Waals surface area (Å²) < 4.78 is 0. The van der Waals surface area contributed by atoms with Gasteiger partial charge in [-0.3, -0.25) is 0 Å². The van der Waals surface area contributed by atoms with Gasteiger partial charge in [-0.1, -0.05) is 0 Å². The van der Waals surface area contributed by atoms with Crippen LogP contribution in [0.3, 0.4) is 0 Å². The quantitative estimate of drug-likeness (QED) is 0.820. The molecule has 1 N–H and O–H groups in total. The Kier molecular flexibility index (Phi) is 2.84. The molecule has 1 atom stereocenters. The number of thiophene rings is 1. The minimum Gasteiger partial charge on any atom is -0.353 e. The van der Waals surface area contributed by atoms with Crippen molar-refractivity contribution in [2.45, 2.75) is 12.3 Å². The first-order valence-electron chi connectivity index (χ1n) is 4.34. The molecule has 0 saturated carbocycles. The lowest BCUT2D eigenvalue weighted by Gasteiger charge is -2.04. The van der Waals surface area contributed by atoms with Crippen LogP contribution in [0.15, 0.2) is 17.6 Å². The molecule has 5 heteroatoms. The molecule has 0 radical (unpaired) electrons. The van der Waals surface area contributed by atoms with Gasteiger partial charge in [-0.05, 0) is 18.4 Å². The van der Waals surface area contributed by atoms with E-state index in [2.05, 4.69) is 15.3 Å². The summed E-state index contributed by atoms with van der Waals surface area (Å²) in [5.41, 5.74) is 0. The van der Waals surface area contributed by atoms with Gasteiger partial charge in [-0.25, -0.2) is 9.97 Å². The molecule has 0 spiro atoms. The van der Waals surface area contributed by atoms with Gasteiger partial charge in [0.05, 0.1) is 0 Å². The van der Waals surface area contributed by atoms with E-state index in [-0.39, 0.29) is 5.38 Å². The van der Waals surface area contributed by atoms with Crippen LogP contribution in [0, 0.1) is 0 Å². The van der Waals surface area contributed by atoms with Crippen molar-refractivity contribution in [3.8, 4) is 0 Å². The zero-order valence-electron chi connectivity index (χ0n) is 7.70. The zero-order chi connectivity index (χ0) is 9.97. The van der Waals surface area contributed by atoms with E-state index in [0.717, 1.165) is 10.2 Å². The van der Waals surface area contributed by atoms with Crippen molar-refractivity contribution in [1.29, 1.82) is 0 Å². The predicted molar refractivity (Wildman–Crippen MR) is 61.2 cm³/mol. The third-order valence-corrected chi connectivity index (χ3v) is 2.73. The number of hydrogen-bond acceptors (Lipinski definition) is 4. The topological polar surface area (TPSA) is 37.8 Å². The molecule has 1 unspecified atom stereocenters. The molecule has 2 heterocycles. The highest BCUT2D eigenvalue weighted by atomic mass is 35.5. The van der Waals surface area contributed by atoms with E-state index in [1.165, 1.54) is 0 Å². The monoisotopic (exact) mass is 227 g/mol. The summed E-state index contributed by atoms with van der Waals surface area (Å²) in [5, 5.41) is 6.25. The second-order valence-corrected chi connectivity index (χ2v) is 4.68. The Morgan fingerprint density at radius 1 is 1.64 bits per heavy atom. The molecule has 0 aliphatic carbocycles. The summed E-state index contributed by atoms with van der Waals surface area (Å²) in [7, 11) is 0. The molecule has 0 bridgehead atoms. The SMILES string of the molecule is CC(Cl)CNc1ncc2ccsc2n1. The maximum atomic E-state index is 5.81. The third kappa shape index (κ3) is 2.13. The fraction of sp³-hybridized carbons (Fsp3) is 0.333. The first-order chi connectivity index (χ1) is 6.75. The highest BCUT2D eigenvalue weighted by Crippen LogP contribution is 2.18. The number of hydrogen-bond donors (Lipinski definition) is 1. The lowest BCUT2D eigenvalue weighted by atomic mass is 10.4. The molecule has 2 aromatic rings. The van der Waals surface area contributed by atoms with Crippen molar-refractivity contribution in [2.75, 3.05) is 11.9 Å². The lowest BCUT2D eigenvalue weighted by molar-refractivity contribution is 0.966. The number of rotatable bonds is 3. The van der Waals surface area contributed by atoms with Gasteiger partial charge in [0.25, 0.3) is 0 Å². The Labute approximate surface area is 91.1 Å². The number of nitrogens with zero attached hydrogens (tertiary/aromatic N) is 2. The Hall–Kier alpha value is -0.870. The second-order valence-electron chi connectivity index (χ2n) is 3.04. The van der Waals surface area contributed by atoms with Crippen molar-refractivity contribution in [3.63, 3.8) is 0 Å². The van der Waals surface area contributed by atoms with Crippen LogP contribution in [0.2, 0.25) is 0 Å². The normalized spacial score (nSPS) is 13.0. The third-order valence-electron chi connectivity index (χ3n) is 1.75. The van der Waals surface area contributed by atoms with Crippen LogP contribution in [0.1, 0.15) is 6.92 Å². The molecule has 0 fully saturated rings. The molecule has 14 heavy (non-hydrogen) atoms. The van der Waals surface area contributed by atoms with Gasteiger partial charge in [0.2, 0.25) is 5.95 Å². The molecule has 3 nitrogen and oxygen atoms in total. The molecular weight excluding hydrogens is 218 g/mol. The Balaban J connectivity index is 2.17. The Bertz CT molecular complexity index is 427. The standard InChI is InChI=1S/C9H10ClN3S/c1-6(10)4-11-9-12-5-7-2-3-14-8(7)13-9/h2-3,5-6H,4H2,1H3,(H,11,12,13). The summed E-state index contributed by atoms with van der Waals surface area (Å²) in [5.74, 6) is 0.646. The lowest BCUT2D eigenvalue weighted by Crippen LogP contribution is -2.12. The molecule has 0 amide bonds. The molecule has 0 aliphatic rings. The average Bonchev–Trinajstić information content (AvgIpc) is 2.61. The van der Waals surface area contributed by atoms with Crippen molar-refractivity contribution in [2.24, 2.45) is 0 Å². The molecule has 0 saturated heterocycles. The van der Waals surface area contributed by atoms with Gasteiger partial charge in [-0.15, -0.1) is 22.9 Å². The zero-order valence-corrected chi connectivity index (χ0v) is 9.27. The van der Waals surface area contributed by atoms with E-state index in [9.17, 15) is 0 Å². The van der Waals surface area contributed by atoms with Gasteiger partial charge in [0.1, 0.15) is 4.83 Å². The van der Waals surface area contributed by atoms with Crippen LogP contribution >= 0.6 is 22.9 Å². The highest BCUT2D eigenvalue weighted by molar-refractivity contribution is 7.16. The van der Waals surface area contributed by atoms with Crippen molar-refractivity contribution < 1.29 is 0 Å². The average molecular weight is 228 g/mol. The molecule has 2 aromatic heterocycles. The van der Waals surface area contributed by atoms with Gasteiger partial charge in [0.15, 0.2) is 0 Å². The van der Waals surface area contributed by atoms with Crippen molar-refractivity contribution >= 4 is 39.1 Å². The summed E-state index contributed by atoms with van der Waals surface area (Å²) in [4.78, 5) is 9.53. The molecule has 74 valence electrons. The summed E-state index contributed by atoms with van der Waals surface area (Å²) in [6, 6.07) is 2.01. The van der Waals surface area contributed by atoms with Gasteiger partial charge in [0, 0.05) is 23.5 Å². The second kappa shape index (κ2) is 4.11. The molecular formula is C9H10ClN3S. The van der Waals surface area contributed by atoms with Crippen molar-refractivity contribution in [1.82, 2.24) is 9.97 Å². The van der Waals surface area contributed by atoms with Crippen LogP contribution in [-0.4, -0.2) is 21.9 Å². The maximum absolute atomic E-state index is 5.81. The van der Waals surface area contributed by atoms with Crippen LogP contribution in [0.5, 0.6) is 0 Å². The van der Waals surface area contributed by atoms with E-state index >= 15 is 0 Å². The number of halogens is 1. The van der Waals surface area contributed by atoms with E-state index in [1.807, 2.05) is 24.6 Å². The van der Waals surface area contributed by atoms with Gasteiger partial charge in [-0.2, -0.15) is 0 Å². The van der Waals surface area contributed by atoms with Gasteiger partial charge < -0.3 is 5.32 Å². The Morgan fingerprint density at radius 2 is 2.50 bits per heavy atom. The Morgan fingerprint density at radius 3 is 3.29 bits per heavy atom. The predicted octanol–water partition coefficient (Wildman–Crippen LogP) is 2.73. The van der Waals surface area contributed by atoms with Crippen molar-refractivity contribution in [3.05, 3.63) is 17.6 Å². The van der Waals surface area contributed by atoms with Crippen LogP contribution in [0.25, 0.3) is 10.2 Å². The summed E-state index contributed by atoms with van der Waals surface area (Å²) in [6.07, 6.45) is 1.82. The van der Waals surface area contributed by atoms with E-state index < -0.39 is 0 Å². The number of alkyl halides is 1. The molecule has 2 rings (SSSR count). The molecule has 0 aromatic carbocycles. The highest BCUT2D eigenvalue weighted by Gasteiger charge is 2.01.